The summed E-state index contributed by atoms with van der Waals surface area (Å²) in [6.45, 7) is 4.18. The van der Waals surface area contributed by atoms with Gasteiger partial charge in [0, 0.05) is 24.9 Å². The Hall–Kier alpha value is -2.49. The van der Waals surface area contributed by atoms with Gasteiger partial charge in [-0.1, -0.05) is 35.9 Å². The first-order valence-electron chi connectivity index (χ1n) is 8.08. The fraction of sp³-hybridized carbons (Fsp3) is 0.300. The van der Waals surface area contributed by atoms with E-state index >= 15 is 0 Å². The van der Waals surface area contributed by atoms with Crippen molar-refractivity contribution in [3.63, 3.8) is 0 Å². The maximum Gasteiger partial charge on any atom is 0.220 e. The van der Waals surface area contributed by atoms with Crippen molar-refractivity contribution in [1.29, 1.82) is 0 Å². The molecule has 0 unspecified atom stereocenters. The predicted octanol–water partition coefficient (Wildman–Crippen LogP) is 3.76. The second-order valence-electron chi connectivity index (χ2n) is 5.93. The average molecular weight is 327 g/mol. The highest BCUT2D eigenvalue weighted by Crippen LogP contribution is 2.14. The summed E-state index contributed by atoms with van der Waals surface area (Å²) in [5.74, 6) is -0.484. The van der Waals surface area contributed by atoms with Gasteiger partial charge in [0.2, 0.25) is 5.91 Å². The number of rotatable bonds is 7. The van der Waals surface area contributed by atoms with Crippen molar-refractivity contribution in [2.24, 2.45) is 0 Å². The van der Waals surface area contributed by atoms with Gasteiger partial charge in [-0.2, -0.15) is 0 Å². The third-order valence-electron chi connectivity index (χ3n) is 3.95. The Morgan fingerprint density at radius 1 is 1.04 bits per heavy atom. The zero-order valence-electron chi connectivity index (χ0n) is 14.1. The number of ketones is 1. The molecule has 0 atom stereocenters. The van der Waals surface area contributed by atoms with Gasteiger partial charge in [0.25, 0.3) is 0 Å². The van der Waals surface area contributed by atoms with Crippen molar-refractivity contribution >= 4 is 11.7 Å². The van der Waals surface area contributed by atoms with Crippen LogP contribution in [0.4, 0.5) is 4.39 Å². The summed E-state index contributed by atoms with van der Waals surface area (Å²) >= 11 is 0. The van der Waals surface area contributed by atoms with E-state index in [1.165, 1.54) is 6.07 Å². The highest BCUT2D eigenvalue weighted by atomic mass is 19.1. The molecule has 0 radical (unpaired) electrons. The third kappa shape index (κ3) is 5.01. The normalized spacial score (nSPS) is 10.5. The van der Waals surface area contributed by atoms with E-state index in [-0.39, 0.29) is 30.3 Å². The molecule has 0 saturated heterocycles. The van der Waals surface area contributed by atoms with E-state index in [1.807, 2.05) is 32.0 Å². The summed E-state index contributed by atoms with van der Waals surface area (Å²) in [6.07, 6.45) is 0.753. The molecule has 2 rings (SSSR count). The Kier molecular flexibility index (Phi) is 6.24. The van der Waals surface area contributed by atoms with Gasteiger partial charge in [-0.25, -0.2) is 4.39 Å². The molecule has 1 N–H and O–H groups in total. The maximum absolute atomic E-state index is 13.5. The fourth-order valence-corrected chi connectivity index (χ4v) is 2.52. The molecule has 0 aliphatic carbocycles. The molecule has 0 fully saturated rings. The van der Waals surface area contributed by atoms with Crippen molar-refractivity contribution < 1.29 is 14.0 Å². The Bertz CT molecular complexity index is 740. The molecule has 126 valence electrons. The number of aryl methyl sites for hydroxylation is 2. The number of halogens is 1. The molecule has 4 heteroatoms. The zero-order valence-corrected chi connectivity index (χ0v) is 14.1. The minimum atomic E-state index is -0.267. The van der Waals surface area contributed by atoms with Crippen molar-refractivity contribution in [3.8, 4) is 0 Å². The Morgan fingerprint density at radius 3 is 2.54 bits per heavy atom. The first-order valence-corrected chi connectivity index (χ1v) is 8.08. The van der Waals surface area contributed by atoms with Crippen molar-refractivity contribution in [1.82, 2.24) is 5.32 Å². The molecule has 0 heterocycles. The fourth-order valence-electron chi connectivity index (χ4n) is 2.52. The van der Waals surface area contributed by atoms with E-state index in [2.05, 4.69) is 5.32 Å². The Balaban J connectivity index is 1.78. The second kappa shape index (κ2) is 8.39. The molecule has 2 aromatic carbocycles. The molecule has 1 amide bonds. The first kappa shape index (κ1) is 17.9. The first-order chi connectivity index (χ1) is 11.5. The van der Waals surface area contributed by atoms with E-state index in [0.717, 1.165) is 11.1 Å². The summed E-state index contributed by atoms with van der Waals surface area (Å²) in [4.78, 5) is 24.1. The lowest BCUT2D eigenvalue weighted by atomic mass is 9.99. The van der Waals surface area contributed by atoms with Crippen LogP contribution < -0.4 is 5.32 Å². The van der Waals surface area contributed by atoms with Crippen LogP contribution in [0.15, 0.2) is 42.5 Å². The number of Topliss-reactive ketones (excluding diaryl/α,β-unsaturated/α-hetero) is 1. The van der Waals surface area contributed by atoms with Gasteiger partial charge in [-0.05, 0) is 43.5 Å². The third-order valence-corrected chi connectivity index (χ3v) is 3.95. The molecule has 0 aliphatic heterocycles. The van der Waals surface area contributed by atoms with Crippen molar-refractivity contribution in [2.75, 3.05) is 6.54 Å². The summed E-state index contributed by atoms with van der Waals surface area (Å²) < 4.78 is 13.5. The smallest absolute Gasteiger partial charge is 0.220 e. The molecule has 3 nitrogen and oxygen atoms in total. The van der Waals surface area contributed by atoms with Gasteiger partial charge in [0.05, 0.1) is 0 Å². The minimum absolute atomic E-state index is 0.0274. The highest BCUT2D eigenvalue weighted by molar-refractivity contribution is 5.99. The van der Waals surface area contributed by atoms with Crippen LogP contribution in [0.5, 0.6) is 0 Å². The SMILES string of the molecule is Cc1ccc(C)c(C(=O)CCC(=O)NCCc2ccccc2F)c1. The molecule has 0 saturated carbocycles. The molecule has 0 aromatic heterocycles. The highest BCUT2D eigenvalue weighted by Gasteiger charge is 2.12. The average Bonchev–Trinajstić information content (AvgIpc) is 2.56. The molecular weight excluding hydrogens is 305 g/mol. The van der Waals surface area contributed by atoms with Crippen LogP contribution in [0, 0.1) is 19.7 Å². The number of carbonyl (C=O) groups excluding carboxylic acids is 2. The molecule has 24 heavy (non-hydrogen) atoms. The van der Waals surface area contributed by atoms with E-state index in [1.54, 1.807) is 18.2 Å². The lowest BCUT2D eigenvalue weighted by Crippen LogP contribution is -2.26. The van der Waals surface area contributed by atoms with Gasteiger partial charge >= 0.3 is 0 Å². The standard InChI is InChI=1S/C20H22FNO2/c1-14-7-8-15(2)17(13-14)19(23)9-10-20(24)22-12-11-16-5-3-4-6-18(16)21/h3-8,13H,9-12H2,1-2H3,(H,22,24). The number of hydrogen-bond acceptors (Lipinski definition) is 2. The van der Waals surface area contributed by atoms with E-state index in [4.69, 9.17) is 0 Å². The summed E-state index contributed by atoms with van der Waals surface area (Å²) in [6, 6.07) is 12.2. The van der Waals surface area contributed by atoms with Crippen LogP contribution in [0.2, 0.25) is 0 Å². The summed E-state index contributed by atoms with van der Waals surface area (Å²) in [5.41, 5.74) is 3.20. The van der Waals surface area contributed by atoms with Crippen molar-refractivity contribution in [2.45, 2.75) is 33.1 Å². The van der Waals surface area contributed by atoms with E-state index in [9.17, 15) is 14.0 Å². The summed E-state index contributed by atoms with van der Waals surface area (Å²) in [5, 5.41) is 2.73. The van der Waals surface area contributed by atoms with Crippen LogP contribution >= 0.6 is 0 Å². The molecule has 0 aliphatic rings. The lowest BCUT2D eigenvalue weighted by Gasteiger charge is -2.08. The van der Waals surface area contributed by atoms with Gasteiger partial charge in [-0.3, -0.25) is 9.59 Å². The van der Waals surface area contributed by atoms with Gasteiger partial charge < -0.3 is 5.32 Å². The van der Waals surface area contributed by atoms with E-state index < -0.39 is 0 Å². The Labute approximate surface area is 141 Å². The Morgan fingerprint density at radius 2 is 1.79 bits per heavy atom. The number of amides is 1. The van der Waals surface area contributed by atoms with E-state index in [0.29, 0.717) is 24.1 Å². The quantitative estimate of drug-likeness (QED) is 0.787. The van der Waals surface area contributed by atoms with Crippen LogP contribution in [0.3, 0.4) is 0 Å². The number of benzene rings is 2. The zero-order chi connectivity index (χ0) is 17.5. The number of hydrogen-bond donors (Lipinski definition) is 1. The molecular formula is C20H22FNO2. The predicted molar refractivity (Wildman–Crippen MR) is 92.6 cm³/mol. The second-order valence-corrected chi connectivity index (χ2v) is 5.93. The molecule has 0 bridgehead atoms. The lowest BCUT2D eigenvalue weighted by molar-refractivity contribution is -0.121. The number of nitrogens with one attached hydrogen (secondary N) is 1. The molecule has 2 aromatic rings. The number of carbonyl (C=O) groups is 2. The van der Waals surface area contributed by atoms with Crippen LogP contribution in [-0.4, -0.2) is 18.2 Å². The van der Waals surface area contributed by atoms with Crippen LogP contribution in [0.25, 0.3) is 0 Å². The van der Waals surface area contributed by atoms with Gasteiger partial charge in [0.15, 0.2) is 5.78 Å². The van der Waals surface area contributed by atoms with Crippen LogP contribution in [0.1, 0.15) is 39.9 Å². The topological polar surface area (TPSA) is 46.2 Å². The largest absolute Gasteiger partial charge is 0.356 e. The summed E-state index contributed by atoms with van der Waals surface area (Å²) in [7, 11) is 0. The molecule has 0 spiro atoms. The van der Waals surface area contributed by atoms with Gasteiger partial charge in [0.1, 0.15) is 5.82 Å². The minimum Gasteiger partial charge on any atom is -0.356 e. The van der Waals surface area contributed by atoms with Crippen LogP contribution in [-0.2, 0) is 11.2 Å². The maximum atomic E-state index is 13.5. The monoisotopic (exact) mass is 327 g/mol. The van der Waals surface area contributed by atoms with Crippen molar-refractivity contribution in [3.05, 3.63) is 70.5 Å². The van der Waals surface area contributed by atoms with Gasteiger partial charge in [-0.15, -0.1) is 0 Å².